The van der Waals surface area contributed by atoms with Crippen molar-refractivity contribution in [2.45, 2.75) is 13.3 Å². The molecule has 4 nitrogen and oxygen atoms in total. The van der Waals surface area contributed by atoms with E-state index in [4.69, 9.17) is 11.6 Å². The van der Waals surface area contributed by atoms with E-state index < -0.39 is 5.82 Å². The molecule has 0 aliphatic heterocycles. The molecule has 1 heterocycles. The number of aromatic nitrogens is 2. The van der Waals surface area contributed by atoms with Crippen LogP contribution in [0.2, 0.25) is 5.02 Å². The van der Waals surface area contributed by atoms with Gasteiger partial charge in [0.2, 0.25) is 0 Å². The summed E-state index contributed by atoms with van der Waals surface area (Å²) in [7, 11) is 0. The number of benzene rings is 1. The smallest absolute Gasteiger partial charge is 0.150 e. The first-order valence-corrected chi connectivity index (χ1v) is 7.25. The van der Waals surface area contributed by atoms with Crippen LogP contribution in [0.3, 0.4) is 0 Å². The summed E-state index contributed by atoms with van der Waals surface area (Å²) >= 11 is 9.27. The van der Waals surface area contributed by atoms with Crippen molar-refractivity contribution >= 4 is 44.9 Å². The number of anilines is 3. The van der Waals surface area contributed by atoms with Crippen molar-refractivity contribution in [2.75, 3.05) is 17.2 Å². The molecule has 20 heavy (non-hydrogen) atoms. The van der Waals surface area contributed by atoms with Crippen LogP contribution in [-0.4, -0.2) is 16.5 Å². The molecule has 0 saturated heterocycles. The van der Waals surface area contributed by atoms with E-state index >= 15 is 0 Å². The minimum absolute atomic E-state index is 0.262. The second-order valence-electron chi connectivity index (χ2n) is 4.06. The first-order valence-electron chi connectivity index (χ1n) is 6.08. The Hall–Kier alpha value is -1.40. The van der Waals surface area contributed by atoms with Crippen LogP contribution in [0, 0.1) is 5.82 Å². The molecule has 0 spiro atoms. The van der Waals surface area contributed by atoms with Gasteiger partial charge in [-0.05, 0) is 40.5 Å². The van der Waals surface area contributed by atoms with Gasteiger partial charge in [0, 0.05) is 11.6 Å². The highest BCUT2D eigenvalue weighted by molar-refractivity contribution is 9.10. The Labute approximate surface area is 129 Å². The molecule has 0 radical (unpaired) electrons. The summed E-state index contributed by atoms with van der Waals surface area (Å²) in [5, 5.41) is 6.51. The minimum Gasteiger partial charge on any atom is -0.369 e. The van der Waals surface area contributed by atoms with E-state index in [0.717, 1.165) is 13.0 Å². The zero-order valence-corrected chi connectivity index (χ0v) is 13.1. The fourth-order valence-corrected chi connectivity index (χ4v) is 2.16. The van der Waals surface area contributed by atoms with Gasteiger partial charge in [0.1, 0.15) is 28.3 Å². The minimum atomic E-state index is -0.400. The quantitative estimate of drug-likeness (QED) is 0.819. The third-order valence-corrected chi connectivity index (χ3v) is 3.50. The van der Waals surface area contributed by atoms with E-state index in [1.807, 2.05) is 0 Å². The van der Waals surface area contributed by atoms with Gasteiger partial charge in [-0.15, -0.1) is 0 Å². The van der Waals surface area contributed by atoms with Gasteiger partial charge in [-0.25, -0.2) is 14.4 Å². The van der Waals surface area contributed by atoms with Gasteiger partial charge in [-0.1, -0.05) is 18.5 Å². The molecule has 0 amide bonds. The van der Waals surface area contributed by atoms with Crippen molar-refractivity contribution in [3.63, 3.8) is 0 Å². The summed E-state index contributed by atoms with van der Waals surface area (Å²) in [6.45, 7) is 2.85. The molecule has 1 aromatic heterocycles. The van der Waals surface area contributed by atoms with Gasteiger partial charge in [-0.3, -0.25) is 0 Å². The molecule has 106 valence electrons. The molecule has 0 fully saturated rings. The van der Waals surface area contributed by atoms with Crippen LogP contribution in [0.1, 0.15) is 13.3 Å². The molecular formula is C13H13BrClFN4. The SMILES string of the molecule is CCCNc1ncnc(Nc2cc(Cl)ccc2F)c1Br. The van der Waals surface area contributed by atoms with Crippen LogP contribution in [0.15, 0.2) is 29.0 Å². The number of rotatable bonds is 5. The maximum Gasteiger partial charge on any atom is 0.150 e. The highest BCUT2D eigenvalue weighted by Crippen LogP contribution is 2.30. The summed E-state index contributed by atoms with van der Waals surface area (Å²) in [4.78, 5) is 8.22. The van der Waals surface area contributed by atoms with E-state index in [2.05, 4.69) is 43.5 Å². The normalized spacial score (nSPS) is 10.4. The summed E-state index contributed by atoms with van der Waals surface area (Å²) < 4.78 is 14.3. The van der Waals surface area contributed by atoms with Crippen LogP contribution in [0.5, 0.6) is 0 Å². The van der Waals surface area contributed by atoms with Crippen LogP contribution < -0.4 is 10.6 Å². The monoisotopic (exact) mass is 358 g/mol. The van der Waals surface area contributed by atoms with Crippen molar-refractivity contribution in [2.24, 2.45) is 0 Å². The Kier molecular flexibility index (Phi) is 5.14. The molecule has 0 unspecified atom stereocenters. The fraction of sp³-hybridized carbons (Fsp3) is 0.231. The molecule has 7 heteroatoms. The maximum absolute atomic E-state index is 13.7. The molecule has 2 N–H and O–H groups in total. The lowest BCUT2D eigenvalue weighted by Crippen LogP contribution is -2.05. The largest absolute Gasteiger partial charge is 0.369 e. The molecule has 1 aromatic carbocycles. The van der Waals surface area contributed by atoms with E-state index in [1.54, 1.807) is 0 Å². The third kappa shape index (κ3) is 3.58. The van der Waals surface area contributed by atoms with E-state index in [0.29, 0.717) is 21.1 Å². The van der Waals surface area contributed by atoms with Crippen molar-refractivity contribution in [3.8, 4) is 0 Å². The first-order chi connectivity index (χ1) is 9.61. The van der Waals surface area contributed by atoms with Crippen LogP contribution in [0.4, 0.5) is 21.7 Å². The van der Waals surface area contributed by atoms with Crippen molar-refractivity contribution in [1.82, 2.24) is 9.97 Å². The maximum atomic E-state index is 13.7. The van der Waals surface area contributed by atoms with Gasteiger partial charge in [0.25, 0.3) is 0 Å². The fourth-order valence-electron chi connectivity index (χ4n) is 1.54. The van der Waals surface area contributed by atoms with E-state index in [1.165, 1.54) is 24.5 Å². The summed E-state index contributed by atoms with van der Waals surface area (Å²) in [6, 6.07) is 4.30. The number of nitrogens with zero attached hydrogens (tertiary/aromatic N) is 2. The zero-order valence-electron chi connectivity index (χ0n) is 10.8. The molecular weight excluding hydrogens is 347 g/mol. The highest BCUT2D eigenvalue weighted by Gasteiger charge is 2.11. The number of nitrogens with one attached hydrogen (secondary N) is 2. The van der Waals surface area contributed by atoms with Crippen molar-refractivity contribution in [1.29, 1.82) is 0 Å². The summed E-state index contributed by atoms with van der Waals surface area (Å²) in [5.41, 5.74) is 0.262. The molecule has 2 rings (SSSR count). The lowest BCUT2D eigenvalue weighted by molar-refractivity contribution is 0.632. The third-order valence-electron chi connectivity index (χ3n) is 2.51. The number of hydrogen-bond acceptors (Lipinski definition) is 4. The van der Waals surface area contributed by atoms with Crippen LogP contribution >= 0.6 is 27.5 Å². The molecule has 0 saturated carbocycles. The molecule has 0 aliphatic carbocycles. The van der Waals surface area contributed by atoms with Gasteiger partial charge in [0.05, 0.1) is 5.69 Å². The second-order valence-corrected chi connectivity index (χ2v) is 5.29. The Morgan fingerprint density at radius 2 is 2.05 bits per heavy atom. The molecule has 2 aromatic rings. The topological polar surface area (TPSA) is 49.8 Å². The van der Waals surface area contributed by atoms with Gasteiger partial charge in [0.15, 0.2) is 0 Å². The Bertz CT molecular complexity index is 609. The average Bonchev–Trinajstić information content (AvgIpc) is 2.44. The second kappa shape index (κ2) is 6.85. The standard InChI is InChI=1S/C13H13BrClFN4/c1-2-5-17-12-11(14)13(19-7-18-12)20-10-6-8(15)3-4-9(10)16/h3-4,6-7H,2,5H2,1H3,(H2,17,18,19,20). The lowest BCUT2D eigenvalue weighted by atomic mass is 10.3. The molecule has 0 atom stereocenters. The summed E-state index contributed by atoms with van der Waals surface area (Å²) in [5.74, 6) is 0.731. The number of halogens is 3. The lowest BCUT2D eigenvalue weighted by Gasteiger charge is -2.12. The van der Waals surface area contributed by atoms with Crippen molar-refractivity contribution < 1.29 is 4.39 Å². The first kappa shape index (κ1) is 15.0. The van der Waals surface area contributed by atoms with Gasteiger partial charge >= 0.3 is 0 Å². The zero-order chi connectivity index (χ0) is 14.5. The predicted molar refractivity (Wildman–Crippen MR) is 83.2 cm³/mol. The average molecular weight is 360 g/mol. The van der Waals surface area contributed by atoms with Crippen molar-refractivity contribution in [3.05, 3.63) is 39.8 Å². The van der Waals surface area contributed by atoms with E-state index in [9.17, 15) is 4.39 Å². The summed E-state index contributed by atoms with van der Waals surface area (Å²) in [6.07, 6.45) is 2.38. The Morgan fingerprint density at radius 1 is 1.30 bits per heavy atom. The molecule has 0 aliphatic rings. The Balaban J connectivity index is 2.27. The highest BCUT2D eigenvalue weighted by atomic mass is 79.9. The van der Waals surface area contributed by atoms with Gasteiger partial charge < -0.3 is 10.6 Å². The van der Waals surface area contributed by atoms with Crippen LogP contribution in [0.25, 0.3) is 0 Å². The van der Waals surface area contributed by atoms with E-state index in [-0.39, 0.29) is 5.69 Å². The predicted octanol–water partition coefficient (Wildman–Crippen LogP) is 4.60. The number of hydrogen-bond donors (Lipinski definition) is 2. The van der Waals surface area contributed by atoms with Gasteiger partial charge in [-0.2, -0.15) is 0 Å². The Morgan fingerprint density at radius 3 is 2.80 bits per heavy atom. The molecule has 0 bridgehead atoms. The van der Waals surface area contributed by atoms with Crippen LogP contribution in [-0.2, 0) is 0 Å².